The Hall–Kier alpha value is -0.800. The van der Waals surface area contributed by atoms with Crippen molar-refractivity contribution in [2.45, 2.75) is 26.3 Å². The molecule has 1 aliphatic rings. The second-order valence-corrected chi connectivity index (χ2v) is 4.87. The first-order valence-corrected chi connectivity index (χ1v) is 5.51. The van der Waals surface area contributed by atoms with Crippen LogP contribution in [0.5, 0.6) is 0 Å². The summed E-state index contributed by atoms with van der Waals surface area (Å²) in [5, 5.41) is 3.52. The Kier molecular flexibility index (Phi) is 3.12. The minimum atomic E-state index is 0.345. The Balaban J connectivity index is 1.70. The highest BCUT2D eigenvalue weighted by molar-refractivity contribution is 5.00. The van der Waals surface area contributed by atoms with Crippen LogP contribution >= 0.6 is 0 Å². The van der Waals surface area contributed by atoms with Gasteiger partial charge in [-0.15, -0.1) is 0 Å². The molecule has 0 bridgehead atoms. The van der Waals surface area contributed by atoms with E-state index in [1.807, 2.05) is 12.1 Å². The maximum Gasteiger partial charge on any atom is 0.105 e. The predicted molar refractivity (Wildman–Crippen MR) is 58.8 cm³/mol. The van der Waals surface area contributed by atoms with Crippen LogP contribution in [0.3, 0.4) is 0 Å². The highest BCUT2D eigenvalue weighted by atomic mass is 16.5. The van der Waals surface area contributed by atoms with Gasteiger partial charge in [0.05, 0.1) is 19.5 Å². The Bertz CT molecular complexity index is 291. The standard InChI is InChI=1S/C12H19NO2/c1-10(6-11-4-3-5-15-11)13-7-12(2)8-14-9-12/h3-5,10,13H,6-9H2,1-2H3. The molecule has 1 atom stereocenters. The molecule has 0 spiro atoms. The summed E-state index contributed by atoms with van der Waals surface area (Å²) in [4.78, 5) is 0. The lowest BCUT2D eigenvalue weighted by molar-refractivity contribution is -0.0998. The van der Waals surface area contributed by atoms with Crippen molar-refractivity contribution in [2.75, 3.05) is 19.8 Å². The monoisotopic (exact) mass is 209 g/mol. The van der Waals surface area contributed by atoms with E-state index in [-0.39, 0.29) is 0 Å². The van der Waals surface area contributed by atoms with Crippen LogP contribution in [0.15, 0.2) is 22.8 Å². The van der Waals surface area contributed by atoms with Crippen LogP contribution in [0.4, 0.5) is 0 Å². The van der Waals surface area contributed by atoms with Gasteiger partial charge in [0.2, 0.25) is 0 Å². The smallest absolute Gasteiger partial charge is 0.105 e. The van der Waals surface area contributed by atoms with Crippen molar-refractivity contribution in [2.24, 2.45) is 5.41 Å². The number of rotatable bonds is 5. The van der Waals surface area contributed by atoms with Gasteiger partial charge in [-0.05, 0) is 19.1 Å². The first-order valence-electron chi connectivity index (χ1n) is 5.51. The lowest BCUT2D eigenvalue weighted by atomic mass is 9.88. The van der Waals surface area contributed by atoms with E-state index in [4.69, 9.17) is 9.15 Å². The summed E-state index contributed by atoms with van der Waals surface area (Å²) in [6, 6.07) is 4.41. The first-order chi connectivity index (χ1) is 7.18. The molecular formula is C12H19NO2. The van der Waals surface area contributed by atoms with Crippen LogP contribution in [0, 0.1) is 5.41 Å². The number of hydrogen-bond acceptors (Lipinski definition) is 3. The third-order valence-corrected chi connectivity index (χ3v) is 2.87. The molecule has 3 heteroatoms. The second-order valence-electron chi connectivity index (χ2n) is 4.87. The molecule has 1 aromatic rings. The highest BCUT2D eigenvalue weighted by Crippen LogP contribution is 2.25. The number of nitrogens with one attached hydrogen (secondary N) is 1. The molecule has 2 heterocycles. The average Bonchev–Trinajstić information content (AvgIpc) is 2.64. The van der Waals surface area contributed by atoms with E-state index in [0.717, 1.165) is 31.9 Å². The van der Waals surface area contributed by atoms with Gasteiger partial charge < -0.3 is 14.5 Å². The fourth-order valence-corrected chi connectivity index (χ4v) is 1.78. The van der Waals surface area contributed by atoms with Crippen LogP contribution in [-0.2, 0) is 11.2 Å². The molecule has 0 radical (unpaired) electrons. The molecule has 2 rings (SSSR count). The SMILES string of the molecule is CC(Cc1ccco1)NCC1(C)COC1. The number of furan rings is 1. The molecule has 15 heavy (non-hydrogen) atoms. The Morgan fingerprint density at radius 1 is 1.53 bits per heavy atom. The summed E-state index contributed by atoms with van der Waals surface area (Å²) in [6.07, 6.45) is 2.67. The summed E-state index contributed by atoms with van der Waals surface area (Å²) in [7, 11) is 0. The van der Waals surface area contributed by atoms with Crippen molar-refractivity contribution in [3.05, 3.63) is 24.2 Å². The van der Waals surface area contributed by atoms with Crippen molar-refractivity contribution >= 4 is 0 Å². The highest BCUT2D eigenvalue weighted by Gasteiger charge is 2.33. The van der Waals surface area contributed by atoms with Crippen LogP contribution in [-0.4, -0.2) is 25.8 Å². The lowest BCUT2D eigenvalue weighted by Gasteiger charge is -2.39. The van der Waals surface area contributed by atoms with Crippen molar-refractivity contribution < 1.29 is 9.15 Å². The van der Waals surface area contributed by atoms with Gasteiger partial charge in [0.25, 0.3) is 0 Å². The summed E-state index contributed by atoms with van der Waals surface area (Å²) in [5.41, 5.74) is 0.345. The Morgan fingerprint density at radius 3 is 2.87 bits per heavy atom. The third kappa shape index (κ3) is 2.83. The quantitative estimate of drug-likeness (QED) is 0.803. The van der Waals surface area contributed by atoms with E-state index >= 15 is 0 Å². The maximum absolute atomic E-state index is 5.31. The molecule has 0 aliphatic carbocycles. The zero-order valence-electron chi connectivity index (χ0n) is 9.45. The summed E-state index contributed by atoms with van der Waals surface area (Å²) < 4.78 is 10.5. The molecular weight excluding hydrogens is 190 g/mol. The van der Waals surface area contributed by atoms with Crippen LogP contribution in [0.25, 0.3) is 0 Å². The van der Waals surface area contributed by atoms with E-state index in [9.17, 15) is 0 Å². The van der Waals surface area contributed by atoms with Crippen LogP contribution in [0.2, 0.25) is 0 Å². The molecule has 3 nitrogen and oxygen atoms in total. The molecule has 1 unspecified atom stereocenters. The first kappa shape index (κ1) is 10.7. The van der Waals surface area contributed by atoms with Gasteiger partial charge in [-0.2, -0.15) is 0 Å². The molecule has 0 saturated carbocycles. The van der Waals surface area contributed by atoms with Crippen LogP contribution < -0.4 is 5.32 Å². The van der Waals surface area contributed by atoms with Gasteiger partial charge in [0.15, 0.2) is 0 Å². The fourth-order valence-electron chi connectivity index (χ4n) is 1.78. The van der Waals surface area contributed by atoms with Crippen molar-refractivity contribution in [3.8, 4) is 0 Å². The summed E-state index contributed by atoms with van der Waals surface area (Å²) >= 11 is 0. The zero-order chi connectivity index (χ0) is 10.7. The van der Waals surface area contributed by atoms with Gasteiger partial charge >= 0.3 is 0 Å². The summed E-state index contributed by atoms with van der Waals surface area (Å²) in [5.74, 6) is 1.05. The zero-order valence-corrected chi connectivity index (χ0v) is 9.45. The molecule has 1 N–H and O–H groups in total. The van der Waals surface area contributed by atoms with E-state index in [1.165, 1.54) is 0 Å². The predicted octanol–water partition coefficient (Wildman–Crippen LogP) is 1.84. The molecule has 0 aromatic carbocycles. The minimum absolute atomic E-state index is 0.345. The van der Waals surface area contributed by atoms with Gasteiger partial charge in [-0.25, -0.2) is 0 Å². The van der Waals surface area contributed by atoms with Gasteiger partial charge in [0.1, 0.15) is 5.76 Å². The molecule has 1 saturated heterocycles. The summed E-state index contributed by atoms with van der Waals surface area (Å²) in [6.45, 7) is 7.23. The minimum Gasteiger partial charge on any atom is -0.469 e. The van der Waals surface area contributed by atoms with E-state index in [2.05, 4.69) is 19.2 Å². The molecule has 1 fully saturated rings. The van der Waals surface area contributed by atoms with Crippen LogP contribution in [0.1, 0.15) is 19.6 Å². The largest absolute Gasteiger partial charge is 0.469 e. The van der Waals surface area contributed by atoms with E-state index in [1.54, 1.807) is 6.26 Å². The topological polar surface area (TPSA) is 34.4 Å². The number of hydrogen-bond donors (Lipinski definition) is 1. The Labute approximate surface area is 90.8 Å². The van der Waals surface area contributed by atoms with Gasteiger partial charge in [-0.1, -0.05) is 6.92 Å². The maximum atomic E-state index is 5.31. The van der Waals surface area contributed by atoms with Gasteiger partial charge in [0, 0.05) is 24.4 Å². The van der Waals surface area contributed by atoms with Crippen molar-refractivity contribution in [1.82, 2.24) is 5.32 Å². The molecule has 1 aliphatic heterocycles. The normalized spacial score (nSPS) is 20.9. The van der Waals surface area contributed by atoms with Gasteiger partial charge in [-0.3, -0.25) is 0 Å². The Morgan fingerprint density at radius 2 is 2.33 bits per heavy atom. The fraction of sp³-hybridized carbons (Fsp3) is 0.667. The van der Waals surface area contributed by atoms with E-state index < -0.39 is 0 Å². The lowest BCUT2D eigenvalue weighted by Crippen LogP contribution is -2.49. The molecule has 0 amide bonds. The third-order valence-electron chi connectivity index (χ3n) is 2.87. The van der Waals surface area contributed by atoms with Crippen molar-refractivity contribution in [3.63, 3.8) is 0 Å². The molecule has 84 valence electrons. The van der Waals surface area contributed by atoms with E-state index in [0.29, 0.717) is 11.5 Å². The molecule has 1 aromatic heterocycles. The second kappa shape index (κ2) is 4.37. The van der Waals surface area contributed by atoms with Crippen molar-refractivity contribution in [1.29, 1.82) is 0 Å². The average molecular weight is 209 g/mol. The number of ether oxygens (including phenoxy) is 1.